The standard InChI is InChI=1S/C17H21N3O3/c21-17(13-3-1-2-4-13)20-8-5-12(6-9-20)15-18-19-16(23-15)14-7-10-22-11-14/h7,10-13H,1-6,8-9H2. The summed E-state index contributed by atoms with van der Waals surface area (Å²) in [6.07, 6.45) is 9.51. The summed E-state index contributed by atoms with van der Waals surface area (Å²) in [7, 11) is 0. The summed E-state index contributed by atoms with van der Waals surface area (Å²) in [5.74, 6) is 2.04. The van der Waals surface area contributed by atoms with Crippen molar-refractivity contribution in [2.45, 2.75) is 44.4 Å². The fraction of sp³-hybridized carbons (Fsp3) is 0.588. The number of nitrogens with zero attached hydrogens (tertiary/aromatic N) is 3. The van der Waals surface area contributed by atoms with E-state index in [1.807, 2.05) is 4.90 Å². The molecule has 1 saturated heterocycles. The minimum absolute atomic E-state index is 0.246. The lowest BCUT2D eigenvalue weighted by Gasteiger charge is -2.32. The molecule has 0 N–H and O–H groups in total. The van der Waals surface area contributed by atoms with Gasteiger partial charge in [0, 0.05) is 24.9 Å². The largest absolute Gasteiger partial charge is 0.472 e. The van der Waals surface area contributed by atoms with Crippen LogP contribution in [0.4, 0.5) is 0 Å². The summed E-state index contributed by atoms with van der Waals surface area (Å²) in [6, 6.07) is 1.81. The Morgan fingerprint density at radius 2 is 1.91 bits per heavy atom. The van der Waals surface area contributed by atoms with Crippen LogP contribution in [0.2, 0.25) is 0 Å². The summed E-state index contributed by atoms with van der Waals surface area (Å²) in [6.45, 7) is 1.59. The van der Waals surface area contributed by atoms with Gasteiger partial charge in [0.15, 0.2) is 0 Å². The number of likely N-dealkylation sites (tertiary alicyclic amines) is 1. The van der Waals surface area contributed by atoms with Crippen molar-refractivity contribution >= 4 is 5.91 Å². The summed E-state index contributed by atoms with van der Waals surface area (Å²) >= 11 is 0. The van der Waals surface area contributed by atoms with Gasteiger partial charge in [0.05, 0.1) is 11.8 Å². The van der Waals surface area contributed by atoms with Crippen LogP contribution in [-0.4, -0.2) is 34.1 Å². The molecular formula is C17H21N3O3. The highest BCUT2D eigenvalue weighted by molar-refractivity contribution is 5.79. The molecule has 23 heavy (non-hydrogen) atoms. The molecule has 2 aromatic heterocycles. The topological polar surface area (TPSA) is 72.4 Å². The fourth-order valence-corrected chi connectivity index (χ4v) is 3.68. The fourth-order valence-electron chi connectivity index (χ4n) is 3.68. The number of rotatable bonds is 3. The lowest BCUT2D eigenvalue weighted by atomic mass is 9.95. The molecule has 0 atom stereocenters. The van der Waals surface area contributed by atoms with Crippen LogP contribution in [0.3, 0.4) is 0 Å². The highest BCUT2D eigenvalue weighted by Gasteiger charge is 2.32. The first-order valence-corrected chi connectivity index (χ1v) is 8.46. The van der Waals surface area contributed by atoms with E-state index in [-0.39, 0.29) is 11.8 Å². The molecule has 2 aromatic rings. The van der Waals surface area contributed by atoms with Gasteiger partial charge in [-0.3, -0.25) is 4.79 Å². The Hall–Kier alpha value is -2.11. The van der Waals surface area contributed by atoms with Gasteiger partial charge in [-0.25, -0.2) is 0 Å². The minimum atomic E-state index is 0.246. The van der Waals surface area contributed by atoms with E-state index in [2.05, 4.69) is 10.2 Å². The molecule has 1 saturated carbocycles. The molecule has 1 aliphatic heterocycles. The SMILES string of the molecule is O=C(C1CCCC1)N1CCC(c2nnc(-c3ccoc3)o2)CC1. The van der Waals surface area contributed by atoms with Crippen molar-refractivity contribution < 1.29 is 13.6 Å². The molecule has 2 fully saturated rings. The zero-order chi connectivity index (χ0) is 15.6. The zero-order valence-electron chi connectivity index (χ0n) is 13.1. The molecule has 0 unspecified atom stereocenters. The Kier molecular flexibility index (Phi) is 3.89. The molecule has 0 bridgehead atoms. The average molecular weight is 315 g/mol. The van der Waals surface area contributed by atoms with Crippen molar-refractivity contribution in [3.8, 4) is 11.5 Å². The predicted molar refractivity (Wildman–Crippen MR) is 82.5 cm³/mol. The van der Waals surface area contributed by atoms with Gasteiger partial charge in [0.25, 0.3) is 5.89 Å². The van der Waals surface area contributed by atoms with E-state index < -0.39 is 0 Å². The van der Waals surface area contributed by atoms with E-state index in [9.17, 15) is 4.79 Å². The molecule has 4 rings (SSSR count). The van der Waals surface area contributed by atoms with E-state index in [4.69, 9.17) is 8.83 Å². The van der Waals surface area contributed by atoms with Crippen molar-refractivity contribution in [2.24, 2.45) is 5.92 Å². The Morgan fingerprint density at radius 3 is 2.61 bits per heavy atom. The third kappa shape index (κ3) is 2.90. The van der Waals surface area contributed by atoms with Gasteiger partial charge < -0.3 is 13.7 Å². The van der Waals surface area contributed by atoms with Crippen molar-refractivity contribution in [1.29, 1.82) is 0 Å². The Labute approximate surface area is 134 Å². The molecular weight excluding hydrogens is 294 g/mol. The molecule has 2 aliphatic rings. The number of carbonyl (C=O) groups is 1. The number of piperidine rings is 1. The summed E-state index contributed by atoms with van der Waals surface area (Å²) in [5, 5.41) is 8.28. The minimum Gasteiger partial charge on any atom is -0.472 e. The van der Waals surface area contributed by atoms with Gasteiger partial charge in [-0.2, -0.15) is 0 Å². The highest BCUT2D eigenvalue weighted by Crippen LogP contribution is 2.32. The third-order valence-electron chi connectivity index (χ3n) is 5.07. The molecule has 6 nitrogen and oxygen atoms in total. The molecule has 1 amide bonds. The molecule has 6 heteroatoms. The lowest BCUT2D eigenvalue weighted by Crippen LogP contribution is -2.40. The van der Waals surface area contributed by atoms with Crippen LogP contribution in [0, 0.1) is 5.92 Å². The Balaban J connectivity index is 1.37. The normalized spacial score (nSPS) is 20.3. The van der Waals surface area contributed by atoms with Crippen molar-refractivity contribution in [3.63, 3.8) is 0 Å². The van der Waals surface area contributed by atoms with E-state index >= 15 is 0 Å². The first-order valence-electron chi connectivity index (χ1n) is 8.46. The second-order valence-corrected chi connectivity index (χ2v) is 6.54. The lowest BCUT2D eigenvalue weighted by molar-refractivity contribution is -0.136. The molecule has 0 radical (unpaired) electrons. The van der Waals surface area contributed by atoms with Crippen molar-refractivity contribution in [2.75, 3.05) is 13.1 Å². The smallest absolute Gasteiger partial charge is 0.250 e. The Morgan fingerprint density at radius 1 is 1.13 bits per heavy atom. The summed E-state index contributed by atoms with van der Waals surface area (Å²) in [5.41, 5.74) is 0.803. The zero-order valence-corrected chi connectivity index (χ0v) is 13.1. The number of amides is 1. The van der Waals surface area contributed by atoms with Crippen LogP contribution in [0.25, 0.3) is 11.5 Å². The molecule has 0 spiro atoms. The number of carbonyl (C=O) groups excluding carboxylic acids is 1. The molecule has 122 valence electrons. The summed E-state index contributed by atoms with van der Waals surface area (Å²) < 4.78 is 10.8. The second kappa shape index (κ2) is 6.18. The van der Waals surface area contributed by atoms with Gasteiger partial charge in [-0.05, 0) is 31.7 Å². The van der Waals surface area contributed by atoms with Gasteiger partial charge in [0.2, 0.25) is 11.8 Å². The first kappa shape index (κ1) is 14.5. The quantitative estimate of drug-likeness (QED) is 0.869. The first-order chi connectivity index (χ1) is 11.3. The maximum Gasteiger partial charge on any atom is 0.250 e. The number of furan rings is 1. The van der Waals surface area contributed by atoms with Gasteiger partial charge in [-0.15, -0.1) is 10.2 Å². The second-order valence-electron chi connectivity index (χ2n) is 6.54. The monoisotopic (exact) mass is 315 g/mol. The van der Waals surface area contributed by atoms with E-state index in [1.165, 1.54) is 12.8 Å². The van der Waals surface area contributed by atoms with Gasteiger partial charge in [0.1, 0.15) is 6.26 Å². The maximum atomic E-state index is 12.5. The third-order valence-corrected chi connectivity index (χ3v) is 5.07. The van der Waals surface area contributed by atoms with Crippen LogP contribution >= 0.6 is 0 Å². The van der Waals surface area contributed by atoms with Crippen LogP contribution in [0.5, 0.6) is 0 Å². The van der Waals surface area contributed by atoms with Crippen LogP contribution < -0.4 is 0 Å². The maximum absolute atomic E-state index is 12.5. The van der Waals surface area contributed by atoms with Crippen molar-refractivity contribution in [1.82, 2.24) is 15.1 Å². The molecule has 0 aromatic carbocycles. The van der Waals surface area contributed by atoms with E-state index in [1.54, 1.807) is 18.6 Å². The van der Waals surface area contributed by atoms with E-state index in [0.717, 1.165) is 44.3 Å². The van der Waals surface area contributed by atoms with E-state index in [0.29, 0.717) is 17.7 Å². The van der Waals surface area contributed by atoms with Crippen LogP contribution in [0.15, 0.2) is 27.4 Å². The number of aromatic nitrogens is 2. The Bertz CT molecular complexity index is 650. The van der Waals surface area contributed by atoms with Crippen LogP contribution in [0.1, 0.15) is 50.3 Å². The number of hydrogen-bond acceptors (Lipinski definition) is 5. The molecule has 3 heterocycles. The van der Waals surface area contributed by atoms with Crippen molar-refractivity contribution in [3.05, 3.63) is 24.5 Å². The number of hydrogen-bond donors (Lipinski definition) is 0. The van der Waals surface area contributed by atoms with Gasteiger partial charge in [-0.1, -0.05) is 12.8 Å². The predicted octanol–water partition coefficient (Wildman–Crippen LogP) is 3.23. The van der Waals surface area contributed by atoms with Crippen LogP contribution in [-0.2, 0) is 4.79 Å². The van der Waals surface area contributed by atoms with Gasteiger partial charge >= 0.3 is 0 Å². The molecule has 1 aliphatic carbocycles. The highest BCUT2D eigenvalue weighted by atomic mass is 16.4. The average Bonchev–Trinajstić information content (AvgIpc) is 3.36. The summed E-state index contributed by atoms with van der Waals surface area (Å²) in [4.78, 5) is 14.5.